The van der Waals surface area contributed by atoms with Gasteiger partial charge < -0.3 is 5.32 Å². The molecule has 0 aliphatic heterocycles. The van der Waals surface area contributed by atoms with E-state index in [4.69, 9.17) is 4.55 Å². The third-order valence-corrected chi connectivity index (χ3v) is 4.17. The molecule has 1 unspecified atom stereocenters. The van der Waals surface area contributed by atoms with Crippen LogP contribution >= 0.6 is 0 Å². The Morgan fingerprint density at radius 2 is 1.67 bits per heavy atom. The molecule has 0 fully saturated rings. The van der Waals surface area contributed by atoms with Crippen molar-refractivity contribution in [3.8, 4) is 0 Å². The first-order valence-corrected chi connectivity index (χ1v) is 9.38. The quantitative estimate of drug-likeness (QED) is 0.310. The highest BCUT2D eigenvalue weighted by Gasteiger charge is 2.17. The molecule has 0 aromatic heterocycles. The molecule has 0 saturated heterocycles. The van der Waals surface area contributed by atoms with Crippen molar-refractivity contribution in [2.75, 3.05) is 5.75 Å². The van der Waals surface area contributed by atoms with E-state index in [0.717, 1.165) is 25.3 Å². The number of amides is 1. The number of unbranched alkanes of at least 4 members (excludes halogenated alkanes) is 7. The molecule has 0 aromatic carbocycles. The Bertz CT molecular complexity index is 392. The van der Waals surface area contributed by atoms with Gasteiger partial charge in [-0.2, -0.15) is 8.42 Å². The number of hydrogen-bond donors (Lipinski definition) is 2. The Kier molecular flexibility index (Phi) is 11.3. The largest absolute Gasteiger partial charge is 0.349 e. The normalized spacial score (nSPS) is 12.9. The van der Waals surface area contributed by atoms with E-state index in [-0.39, 0.29) is 0 Å². The predicted octanol–water partition coefficient (Wildman–Crippen LogP) is 3.08. The van der Waals surface area contributed by atoms with Gasteiger partial charge in [-0.1, -0.05) is 64.9 Å². The van der Waals surface area contributed by atoms with E-state index in [0.29, 0.717) is 6.42 Å². The van der Waals surface area contributed by atoms with Crippen LogP contribution in [0, 0.1) is 0 Å². The summed E-state index contributed by atoms with van der Waals surface area (Å²) in [5.74, 6) is -0.855. The summed E-state index contributed by atoms with van der Waals surface area (Å²) < 4.78 is 30.7. The molecule has 0 spiro atoms. The van der Waals surface area contributed by atoms with Crippen molar-refractivity contribution in [3.63, 3.8) is 0 Å². The summed E-state index contributed by atoms with van der Waals surface area (Å²) in [7, 11) is -4.08. The summed E-state index contributed by atoms with van der Waals surface area (Å²) in [6.07, 6.45) is 10.9. The van der Waals surface area contributed by atoms with Gasteiger partial charge in [0.05, 0.1) is 5.75 Å². The summed E-state index contributed by atoms with van der Waals surface area (Å²) in [5.41, 5.74) is 0. The number of nitrogens with one attached hydrogen (secondary N) is 1. The van der Waals surface area contributed by atoms with E-state index >= 15 is 0 Å². The van der Waals surface area contributed by atoms with Crippen LogP contribution in [0.1, 0.15) is 64.7 Å². The highest BCUT2D eigenvalue weighted by molar-refractivity contribution is 7.85. The van der Waals surface area contributed by atoms with Gasteiger partial charge in [0.2, 0.25) is 5.91 Å². The van der Waals surface area contributed by atoms with Gasteiger partial charge in [-0.3, -0.25) is 9.35 Å². The molecular formula is C15H29NO4S. The average molecular weight is 319 g/mol. The van der Waals surface area contributed by atoms with Crippen LogP contribution in [-0.4, -0.2) is 30.7 Å². The second-order valence-electron chi connectivity index (χ2n) is 5.42. The smallest absolute Gasteiger partial charge is 0.266 e. The zero-order valence-electron chi connectivity index (χ0n) is 13.0. The third kappa shape index (κ3) is 13.8. The minimum atomic E-state index is -4.08. The molecular weight excluding hydrogens is 290 g/mol. The van der Waals surface area contributed by atoms with E-state index in [1.807, 2.05) is 0 Å². The van der Waals surface area contributed by atoms with Crippen molar-refractivity contribution in [2.45, 2.75) is 70.8 Å². The zero-order chi connectivity index (χ0) is 16.1. The molecule has 5 nitrogen and oxygen atoms in total. The molecule has 21 heavy (non-hydrogen) atoms. The van der Waals surface area contributed by atoms with E-state index in [2.05, 4.69) is 18.8 Å². The maximum atomic E-state index is 11.2. The van der Waals surface area contributed by atoms with Crippen molar-refractivity contribution in [1.82, 2.24) is 5.32 Å². The Morgan fingerprint density at radius 1 is 1.14 bits per heavy atom. The fraction of sp³-hybridized carbons (Fsp3) is 0.800. The van der Waals surface area contributed by atoms with Crippen LogP contribution in [0.4, 0.5) is 0 Å². The maximum absolute atomic E-state index is 11.2. The summed E-state index contributed by atoms with van der Waals surface area (Å²) >= 11 is 0. The van der Waals surface area contributed by atoms with Gasteiger partial charge in [-0.25, -0.2) is 0 Å². The summed E-state index contributed by atoms with van der Waals surface area (Å²) in [6, 6.07) is -0.550. The van der Waals surface area contributed by atoms with E-state index in [1.54, 1.807) is 0 Å². The first-order valence-electron chi connectivity index (χ1n) is 7.77. The monoisotopic (exact) mass is 319 g/mol. The van der Waals surface area contributed by atoms with Gasteiger partial charge in [-0.05, 0) is 12.5 Å². The molecule has 0 radical (unpaired) electrons. The summed E-state index contributed by atoms with van der Waals surface area (Å²) in [4.78, 5) is 11.2. The van der Waals surface area contributed by atoms with Crippen LogP contribution in [0.25, 0.3) is 0 Å². The molecule has 0 aliphatic carbocycles. The molecule has 0 aliphatic rings. The van der Waals surface area contributed by atoms with E-state index in [9.17, 15) is 13.2 Å². The van der Waals surface area contributed by atoms with Crippen molar-refractivity contribution in [2.24, 2.45) is 0 Å². The number of carbonyl (C=O) groups is 1. The van der Waals surface area contributed by atoms with Crippen LogP contribution in [-0.2, 0) is 14.9 Å². The van der Waals surface area contributed by atoms with Crippen molar-refractivity contribution in [1.29, 1.82) is 0 Å². The van der Waals surface area contributed by atoms with Gasteiger partial charge in [0.15, 0.2) is 0 Å². The lowest BCUT2D eigenvalue weighted by molar-refractivity contribution is -0.117. The first kappa shape index (κ1) is 20.1. The molecule has 0 saturated carbocycles. The number of carbonyl (C=O) groups excluding carboxylic acids is 1. The third-order valence-electron chi connectivity index (χ3n) is 3.35. The van der Waals surface area contributed by atoms with Gasteiger partial charge in [0.25, 0.3) is 10.1 Å². The molecule has 6 heteroatoms. The second-order valence-corrected chi connectivity index (χ2v) is 6.92. The Hall–Kier alpha value is -0.880. The molecule has 0 rings (SSSR count). The fourth-order valence-corrected chi connectivity index (χ4v) is 2.99. The maximum Gasteiger partial charge on any atom is 0.266 e. The zero-order valence-corrected chi connectivity index (χ0v) is 13.8. The van der Waals surface area contributed by atoms with Crippen LogP contribution in [0.15, 0.2) is 12.7 Å². The Labute approximate surface area is 128 Å². The lowest BCUT2D eigenvalue weighted by Gasteiger charge is -2.16. The fourth-order valence-electron chi connectivity index (χ4n) is 2.24. The van der Waals surface area contributed by atoms with Gasteiger partial charge in [0, 0.05) is 6.04 Å². The molecule has 124 valence electrons. The highest BCUT2D eigenvalue weighted by atomic mass is 32.2. The molecule has 0 heterocycles. The minimum absolute atomic E-state index is 0.414. The van der Waals surface area contributed by atoms with Crippen LogP contribution in [0.2, 0.25) is 0 Å². The summed E-state index contributed by atoms with van der Waals surface area (Å²) in [6.45, 7) is 5.52. The van der Waals surface area contributed by atoms with Gasteiger partial charge >= 0.3 is 0 Å². The number of hydrogen-bond acceptors (Lipinski definition) is 3. The predicted molar refractivity (Wildman–Crippen MR) is 85.8 cm³/mol. The SMILES string of the molecule is C=CC(=O)NC(CCCCCCCCCC)CS(=O)(=O)O. The molecule has 0 bridgehead atoms. The van der Waals surface area contributed by atoms with Crippen molar-refractivity contribution < 1.29 is 17.8 Å². The molecule has 1 atom stereocenters. The molecule has 2 N–H and O–H groups in total. The minimum Gasteiger partial charge on any atom is -0.349 e. The van der Waals surface area contributed by atoms with Gasteiger partial charge in [-0.15, -0.1) is 0 Å². The van der Waals surface area contributed by atoms with Gasteiger partial charge in [0.1, 0.15) is 0 Å². The standard InChI is InChI=1S/C15H29NO4S/c1-3-5-6-7-8-9-10-11-12-14(13-21(18,19)20)16-15(17)4-2/h4,14H,2-3,5-13H2,1H3,(H,16,17)(H,18,19,20). The Balaban J connectivity index is 3.90. The lowest BCUT2D eigenvalue weighted by Crippen LogP contribution is -2.38. The molecule has 0 aromatic rings. The van der Waals surface area contributed by atoms with E-state index < -0.39 is 27.8 Å². The van der Waals surface area contributed by atoms with Crippen LogP contribution in [0.3, 0.4) is 0 Å². The number of rotatable bonds is 13. The first-order chi connectivity index (χ1) is 9.89. The lowest BCUT2D eigenvalue weighted by atomic mass is 10.1. The molecule has 1 amide bonds. The van der Waals surface area contributed by atoms with Crippen LogP contribution < -0.4 is 5.32 Å². The second kappa shape index (κ2) is 11.7. The van der Waals surface area contributed by atoms with E-state index in [1.165, 1.54) is 32.1 Å². The Morgan fingerprint density at radius 3 is 2.14 bits per heavy atom. The average Bonchev–Trinajstić information content (AvgIpc) is 2.39. The highest BCUT2D eigenvalue weighted by Crippen LogP contribution is 2.11. The van der Waals surface area contributed by atoms with Crippen molar-refractivity contribution >= 4 is 16.0 Å². The van der Waals surface area contributed by atoms with Crippen LogP contribution in [0.5, 0.6) is 0 Å². The topological polar surface area (TPSA) is 83.5 Å². The summed E-state index contributed by atoms with van der Waals surface area (Å²) in [5, 5.41) is 2.55. The van der Waals surface area contributed by atoms with Crippen molar-refractivity contribution in [3.05, 3.63) is 12.7 Å².